The summed E-state index contributed by atoms with van der Waals surface area (Å²) in [5.74, 6) is -1.96. The van der Waals surface area contributed by atoms with Gasteiger partial charge in [0.25, 0.3) is 11.8 Å². The molecule has 0 bridgehead atoms. The number of carboxylic acid groups (broad SMARTS) is 1. The first-order valence-corrected chi connectivity index (χ1v) is 7.58. The van der Waals surface area contributed by atoms with Crippen LogP contribution >= 0.6 is 0 Å². The van der Waals surface area contributed by atoms with E-state index in [4.69, 9.17) is 5.11 Å². The highest BCUT2D eigenvalue weighted by atomic mass is 16.4. The summed E-state index contributed by atoms with van der Waals surface area (Å²) in [6.07, 6.45) is 1.57. The molecular formula is C16H17N3O5. The molecule has 3 rings (SSSR count). The maximum absolute atomic E-state index is 12.7. The minimum atomic E-state index is -1.26. The quantitative estimate of drug-likeness (QED) is 0.677. The van der Waals surface area contributed by atoms with Crippen molar-refractivity contribution >= 4 is 23.8 Å². The fourth-order valence-corrected chi connectivity index (χ4v) is 2.77. The molecule has 1 aromatic rings. The van der Waals surface area contributed by atoms with E-state index in [1.54, 1.807) is 25.1 Å². The second kappa shape index (κ2) is 5.63. The molecule has 24 heavy (non-hydrogen) atoms. The number of benzene rings is 1. The molecule has 1 heterocycles. The monoisotopic (exact) mass is 331 g/mol. The minimum Gasteiger partial charge on any atom is -0.480 e. The predicted molar refractivity (Wildman–Crippen MR) is 82.2 cm³/mol. The maximum atomic E-state index is 12.7. The number of hydrogen-bond donors (Lipinski definition) is 3. The fraction of sp³-hybridized carbons (Fsp3) is 0.375. The van der Waals surface area contributed by atoms with Crippen LogP contribution in [0.25, 0.3) is 0 Å². The van der Waals surface area contributed by atoms with E-state index in [2.05, 4.69) is 10.6 Å². The summed E-state index contributed by atoms with van der Waals surface area (Å²) in [5, 5.41) is 13.7. The van der Waals surface area contributed by atoms with Crippen LogP contribution in [0.2, 0.25) is 0 Å². The van der Waals surface area contributed by atoms with Crippen LogP contribution in [0.3, 0.4) is 0 Å². The summed E-state index contributed by atoms with van der Waals surface area (Å²) in [6.45, 7) is 1.19. The van der Waals surface area contributed by atoms with Gasteiger partial charge < -0.3 is 15.3 Å². The summed E-state index contributed by atoms with van der Waals surface area (Å²) < 4.78 is 0. The van der Waals surface area contributed by atoms with E-state index < -0.39 is 29.4 Å². The van der Waals surface area contributed by atoms with Crippen LogP contribution < -0.4 is 10.6 Å². The van der Waals surface area contributed by atoms with Crippen molar-refractivity contribution in [3.05, 3.63) is 35.4 Å². The number of rotatable bonds is 5. The van der Waals surface area contributed by atoms with Gasteiger partial charge in [0.05, 0.1) is 0 Å². The lowest BCUT2D eigenvalue weighted by atomic mass is 9.91. The maximum Gasteiger partial charge on any atom is 0.323 e. The lowest BCUT2D eigenvalue weighted by molar-refractivity contribution is -0.137. The Kier molecular flexibility index (Phi) is 3.75. The van der Waals surface area contributed by atoms with Crippen molar-refractivity contribution in [3.63, 3.8) is 0 Å². The van der Waals surface area contributed by atoms with Crippen molar-refractivity contribution in [1.82, 2.24) is 15.5 Å². The normalized spacial score (nSPS) is 22.7. The van der Waals surface area contributed by atoms with Crippen LogP contribution in [0.1, 0.15) is 35.7 Å². The van der Waals surface area contributed by atoms with Gasteiger partial charge in [-0.2, -0.15) is 0 Å². The molecule has 8 nitrogen and oxygen atoms in total. The Balaban J connectivity index is 1.90. The van der Waals surface area contributed by atoms with Crippen molar-refractivity contribution in [1.29, 1.82) is 0 Å². The largest absolute Gasteiger partial charge is 0.480 e. The molecule has 1 aliphatic carbocycles. The summed E-state index contributed by atoms with van der Waals surface area (Å²) in [6, 6.07) is 5.69. The Morgan fingerprint density at radius 2 is 2.04 bits per heavy atom. The lowest BCUT2D eigenvalue weighted by Crippen LogP contribution is -2.41. The molecule has 1 saturated carbocycles. The molecule has 1 unspecified atom stereocenters. The van der Waals surface area contributed by atoms with E-state index in [1.807, 2.05) is 0 Å². The van der Waals surface area contributed by atoms with Crippen LogP contribution in [0, 0.1) is 0 Å². The first kappa shape index (κ1) is 16.0. The van der Waals surface area contributed by atoms with Crippen LogP contribution in [-0.4, -0.2) is 46.4 Å². The van der Waals surface area contributed by atoms with Gasteiger partial charge in [0.2, 0.25) is 0 Å². The molecule has 1 saturated heterocycles. The van der Waals surface area contributed by atoms with E-state index in [9.17, 15) is 19.2 Å². The molecule has 0 radical (unpaired) electrons. The highest BCUT2D eigenvalue weighted by Crippen LogP contribution is 2.29. The van der Waals surface area contributed by atoms with Crippen LogP contribution in [-0.2, 0) is 15.1 Å². The summed E-state index contributed by atoms with van der Waals surface area (Å²) in [7, 11) is 0. The van der Waals surface area contributed by atoms with E-state index in [0.717, 1.165) is 12.8 Å². The zero-order valence-electron chi connectivity index (χ0n) is 13.0. The zero-order valence-corrected chi connectivity index (χ0v) is 13.0. The van der Waals surface area contributed by atoms with Crippen LogP contribution in [0.15, 0.2) is 24.3 Å². The Hall–Kier alpha value is -2.90. The van der Waals surface area contributed by atoms with Crippen molar-refractivity contribution in [2.24, 2.45) is 0 Å². The van der Waals surface area contributed by atoms with Crippen molar-refractivity contribution in [3.8, 4) is 0 Å². The van der Waals surface area contributed by atoms with Gasteiger partial charge in [-0.25, -0.2) is 4.79 Å². The number of carboxylic acids is 1. The Bertz CT molecular complexity index is 743. The standard InChI is InChI=1S/C16H17N3O5/c1-16(14(23)17-15(24)18-16)10-4-2-3-9(7-10)13(22)19(8-12(20)21)11-5-6-11/h2-4,7,11H,5-6,8H2,1H3,(H,20,21)(H2,17,18,23,24). The average Bonchev–Trinajstić information content (AvgIpc) is 3.32. The van der Waals surface area contributed by atoms with Crippen molar-refractivity contribution < 1.29 is 24.3 Å². The number of hydrogen-bond acceptors (Lipinski definition) is 4. The topological polar surface area (TPSA) is 116 Å². The SMILES string of the molecule is CC1(c2cccc(C(=O)N(CC(=O)O)C3CC3)c2)NC(=O)NC1=O. The predicted octanol–water partition coefficient (Wildman–Crippen LogP) is 0.430. The van der Waals surface area contributed by atoms with Gasteiger partial charge in [-0.05, 0) is 37.5 Å². The molecular weight excluding hydrogens is 314 g/mol. The molecule has 3 N–H and O–H groups in total. The molecule has 126 valence electrons. The van der Waals surface area contributed by atoms with Gasteiger partial charge in [-0.3, -0.25) is 19.7 Å². The number of carbonyl (C=O) groups excluding carboxylic acids is 3. The van der Waals surface area contributed by atoms with Crippen LogP contribution in [0.4, 0.5) is 4.79 Å². The fourth-order valence-electron chi connectivity index (χ4n) is 2.77. The second-order valence-electron chi connectivity index (χ2n) is 6.17. The number of urea groups is 1. The first-order valence-electron chi connectivity index (χ1n) is 7.58. The highest BCUT2D eigenvalue weighted by Gasteiger charge is 2.44. The molecule has 1 aliphatic heterocycles. The molecule has 2 fully saturated rings. The van der Waals surface area contributed by atoms with E-state index in [0.29, 0.717) is 5.56 Å². The molecule has 1 atom stereocenters. The number of imide groups is 1. The molecule has 0 spiro atoms. The zero-order chi connectivity index (χ0) is 17.5. The number of nitrogens with one attached hydrogen (secondary N) is 2. The van der Waals surface area contributed by atoms with Gasteiger partial charge in [-0.15, -0.1) is 0 Å². The molecule has 4 amide bonds. The van der Waals surface area contributed by atoms with Gasteiger partial charge in [0.1, 0.15) is 12.1 Å². The van der Waals surface area contributed by atoms with Gasteiger partial charge in [0.15, 0.2) is 0 Å². The van der Waals surface area contributed by atoms with Crippen molar-refractivity contribution in [2.75, 3.05) is 6.54 Å². The lowest BCUT2D eigenvalue weighted by Gasteiger charge is -2.23. The summed E-state index contributed by atoms with van der Waals surface area (Å²) in [4.78, 5) is 48.4. The van der Waals surface area contributed by atoms with E-state index in [1.165, 1.54) is 11.0 Å². The number of aliphatic carboxylic acids is 1. The van der Waals surface area contributed by atoms with E-state index >= 15 is 0 Å². The Morgan fingerprint density at radius 1 is 1.33 bits per heavy atom. The average molecular weight is 331 g/mol. The minimum absolute atomic E-state index is 0.0534. The second-order valence-corrected chi connectivity index (χ2v) is 6.17. The molecule has 2 aliphatic rings. The first-order chi connectivity index (χ1) is 11.3. The summed E-state index contributed by atoms with van der Waals surface area (Å²) >= 11 is 0. The number of carbonyl (C=O) groups is 4. The Labute approximate surface area is 137 Å². The summed E-state index contributed by atoms with van der Waals surface area (Å²) in [5.41, 5.74) is -0.511. The smallest absolute Gasteiger partial charge is 0.323 e. The van der Waals surface area contributed by atoms with Gasteiger partial charge in [0, 0.05) is 11.6 Å². The Morgan fingerprint density at radius 3 is 2.58 bits per heavy atom. The van der Waals surface area contributed by atoms with Gasteiger partial charge >= 0.3 is 12.0 Å². The molecule has 0 aromatic heterocycles. The van der Waals surface area contributed by atoms with E-state index in [-0.39, 0.29) is 18.2 Å². The number of nitrogens with zero attached hydrogens (tertiary/aromatic N) is 1. The number of amides is 4. The highest BCUT2D eigenvalue weighted by molar-refractivity contribution is 6.07. The third kappa shape index (κ3) is 2.82. The van der Waals surface area contributed by atoms with Crippen LogP contribution in [0.5, 0.6) is 0 Å². The molecule has 1 aromatic carbocycles. The third-order valence-corrected chi connectivity index (χ3v) is 4.29. The van der Waals surface area contributed by atoms with Gasteiger partial charge in [-0.1, -0.05) is 12.1 Å². The van der Waals surface area contributed by atoms with Crippen molar-refractivity contribution in [2.45, 2.75) is 31.3 Å². The molecule has 8 heteroatoms. The third-order valence-electron chi connectivity index (χ3n) is 4.29.